The first-order chi connectivity index (χ1) is 10.3. The molecule has 22 heavy (non-hydrogen) atoms. The van der Waals surface area contributed by atoms with E-state index in [2.05, 4.69) is 92.9 Å². The van der Waals surface area contributed by atoms with Gasteiger partial charge in [-0.25, -0.2) is 0 Å². The van der Waals surface area contributed by atoms with Gasteiger partial charge in [-0.1, -0.05) is 64.1 Å². The van der Waals surface area contributed by atoms with E-state index in [-0.39, 0.29) is 10.2 Å². The summed E-state index contributed by atoms with van der Waals surface area (Å²) >= 11 is 4.87. The first kappa shape index (κ1) is 15.2. The Labute approximate surface area is 138 Å². The van der Waals surface area contributed by atoms with Crippen LogP contribution in [0.25, 0.3) is 16.6 Å². The Bertz CT molecular complexity index is 791. The minimum Gasteiger partial charge on any atom is -0.313 e. The molecule has 0 amide bonds. The maximum absolute atomic E-state index is 4.87. The molecule has 0 atom stereocenters. The largest absolute Gasteiger partial charge is 0.313 e. The number of hydrogen-bond donors (Lipinski definition) is 1. The lowest BCUT2D eigenvalue weighted by atomic mass is 9.77. The summed E-state index contributed by atoms with van der Waals surface area (Å²) in [6, 6.07) is 21.4. The molecule has 0 spiro atoms. The first-order valence-corrected chi connectivity index (χ1v) is 8.16. The average molecular weight is 309 g/mol. The third-order valence-electron chi connectivity index (χ3n) is 4.90. The van der Waals surface area contributed by atoms with Gasteiger partial charge in [-0.3, -0.25) is 0 Å². The quantitative estimate of drug-likeness (QED) is 0.599. The first-order valence-electron chi connectivity index (χ1n) is 7.71. The molecule has 0 radical (unpaired) electrons. The molecule has 0 aliphatic heterocycles. The lowest BCUT2D eigenvalue weighted by Gasteiger charge is -2.39. The van der Waals surface area contributed by atoms with Gasteiger partial charge < -0.3 is 4.57 Å². The molecule has 1 nitrogen and oxygen atoms in total. The van der Waals surface area contributed by atoms with Crippen LogP contribution >= 0.6 is 12.6 Å². The lowest BCUT2D eigenvalue weighted by molar-refractivity contribution is 0.400. The second-order valence-electron chi connectivity index (χ2n) is 6.94. The van der Waals surface area contributed by atoms with E-state index in [1.165, 1.54) is 22.3 Å². The number of aromatic nitrogens is 1. The Balaban J connectivity index is 2.36. The number of fused-ring (bicyclic) bond motifs is 1. The molecular formula is C20H23NS. The SMILES string of the molecule is CC(C)(S)C(C)(C)c1cc2ccccc2n1-c1ccccc1. The van der Waals surface area contributed by atoms with Crippen molar-refractivity contribution in [2.45, 2.75) is 37.9 Å². The Hall–Kier alpha value is -1.67. The van der Waals surface area contributed by atoms with Crippen LogP contribution in [0.3, 0.4) is 0 Å². The van der Waals surface area contributed by atoms with Crippen LogP contribution < -0.4 is 0 Å². The van der Waals surface area contributed by atoms with Crippen LogP contribution in [-0.4, -0.2) is 9.31 Å². The standard InChI is InChI=1S/C20H23NS/c1-19(2,20(3,4)22)18-14-15-10-8-9-13-17(15)21(18)16-11-6-5-7-12-16/h5-14,22H,1-4H3. The van der Waals surface area contributed by atoms with E-state index < -0.39 is 0 Å². The number of nitrogens with zero attached hydrogens (tertiary/aromatic N) is 1. The van der Waals surface area contributed by atoms with Crippen LogP contribution in [0.5, 0.6) is 0 Å². The number of hydrogen-bond acceptors (Lipinski definition) is 1. The number of rotatable bonds is 3. The lowest BCUT2D eigenvalue weighted by Crippen LogP contribution is -2.39. The van der Waals surface area contributed by atoms with Crippen molar-refractivity contribution in [3.8, 4) is 5.69 Å². The van der Waals surface area contributed by atoms with Gasteiger partial charge in [0.05, 0.1) is 5.52 Å². The number of para-hydroxylation sites is 2. The zero-order chi connectivity index (χ0) is 16.0. The summed E-state index contributed by atoms with van der Waals surface area (Å²) in [5, 5.41) is 1.27. The van der Waals surface area contributed by atoms with E-state index in [4.69, 9.17) is 12.6 Å². The summed E-state index contributed by atoms with van der Waals surface area (Å²) in [7, 11) is 0. The summed E-state index contributed by atoms with van der Waals surface area (Å²) in [5.74, 6) is 0. The third kappa shape index (κ3) is 2.36. The smallest absolute Gasteiger partial charge is 0.0531 e. The molecule has 0 aliphatic carbocycles. The highest BCUT2D eigenvalue weighted by molar-refractivity contribution is 7.81. The van der Waals surface area contributed by atoms with Gasteiger partial charge in [0.2, 0.25) is 0 Å². The topological polar surface area (TPSA) is 4.93 Å². The van der Waals surface area contributed by atoms with Crippen molar-refractivity contribution in [3.63, 3.8) is 0 Å². The Morgan fingerprint density at radius 3 is 2.05 bits per heavy atom. The molecule has 2 aromatic carbocycles. The summed E-state index contributed by atoms with van der Waals surface area (Å²) in [5.41, 5.74) is 3.66. The fourth-order valence-electron chi connectivity index (χ4n) is 2.78. The highest BCUT2D eigenvalue weighted by Crippen LogP contribution is 2.42. The molecule has 3 rings (SSSR count). The Morgan fingerprint density at radius 2 is 1.41 bits per heavy atom. The fourth-order valence-corrected chi connectivity index (χ4v) is 2.90. The molecule has 0 bridgehead atoms. The van der Waals surface area contributed by atoms with E-state index in [9.17, 15) is 0 Å². The normalized spacial score (nSPS) is 12.8. The van der Waals surface area contributed by atoms with E-state index in [0.717, 1.165) is 0 Å². The minimum absolute atomic E-state index is 0.0784. The van der Waals surface area contributed by atoms with Crippen molar-refractivity contribution >= 4 is 23.5 Å². The van der Waals surface area contributed by atoms with Crippen LogP contribution in [0.4, 0.5) is 0 Å². The molecule has 0 saturated heterocycles. The van der Waals surface area contributed by atoms with Crippen LogP contribution in [-0.2, 0) is 5.41 Å². The second-order valence-corrected chi connectivity index (χ2v) is 8.06. The van der Waals surface area contributed by atoms with Gasteiger partial charge >= 0.3 is 0 Å². The van der Waals surface area contributed by atoms with Gasteiger partial charge in [0.25, 0.3) is 0 Å². The van der Waals surface area contributed by atoms with E-state index >= 15 is 0 Å². The summed E-state index contributed by atoms with van der Waals surface area (Å²) < 4.78 is 2.24. The second kappa shape index (κ2) is 5.20. The van der Waals surface area contributed by atoms with Gasteiger partial charge in [0.15, 0.2) is 0 Å². The van der Waals surface area contributed by atoms with E-state index in [1.54, 1.807) is 0 Å². The van der Waals surface area contributed by atoms with Crippen LogP contribution in [0.2, 0.25) is 0 Å². The molecule has 1 heterocycles. The maximum atomic E-state index is 4.87. The molecule has 3 aromatic rings. The van der Waals surface area contributed by atoms with Crippen LogP contribution in [0.1, 0.15) is 33.4 Å². The van der Waals surface area contributed by atoms with Crippen LogP contribution in [0, 0.1) is 0 Å². The predicted molar refractivity (Wildman–Crippen MR) is 99.4 cm³/mol. The molecule has 0 N–H and O–H groups in total. The molecule has 0 fully saturated rings. The highest BCUT2D eigenvalue weighted by atomic mass is 32.1. The fraction of sp³-hybridized carbons (Fsp3) is 0.300. The van der Waals surface area contributed by atoms with Crippen molar-refractivity contribution in [2.24, 2.45) is 0 Å². The Kier molecular flexibility index (Phi) is 3.60. The van der Waals surface area contributed by atoms with Crippen molar-refractivity contribution in [2.75, 3.05) is 0 Å². The van der Waals surface area contributed by atoms with Crippen molar-refractivity contribution < 1.29 is 0 Å². The Morgan fingerprint density at radius 1 is 0.818 bits per heavy atom. The van der Waals surface area contributed by atoms with Crippen molar-refractivity contribution in [1.29, 1.82) is 0 Å². The summed E-state index contributed by atoms with van der Waals surface area (Å²) in [6.07, 6.45) is 0. The molecule has 0 aliphatic rings. The minimum atomic E-state index is -0.131. The number of thiol groups is 1. The number of benzene rings is 2. The van der Waals surface area contributed by atoms with E-state index in [0.29, 0.717) is 0 Å². The molecule has 1 aromatic heterocycles. The van der Waals surface area contributed by atoms with Gasteiger partial charge in [0.1, 0.15) is 0 Å². The zero-order valence-electron chi connectivity index (χ0n) is 13.7. The van der Waals surface area contributed by atoms with Gasteiger partial charge in [-0.2, -0.15) is 12.6 Å². The average Bonchev–Trinajstić information content (AvgIpc) is 2.87. The van der Waals surface area contributed by atoms with Gasteiger partial charge in [0, 0.05) is 26.9 Å². The van der Waals surface area contributed by atoms with E-state index in [1.807, 2.05) is 0 Å². The van der Waals surface area contributed by atoms with Crippen molar-refractivity contribution in [1.82, 2.24) is 4.57 Å². The maximum Gasteiger partial charge on any atom is 0.0531 e. The zero-order valence-corrected chi connectivity index (χ0v) is 14.6. The summed E-state index contributed by atoms with van der Waals surface area (Å²) in [6.45, 7) is 8.91. The van der Waals surface area contributed by atoms with Crippen molar-refractivity contribution in [3.05, 3.63) is 66.4 Å². The van der Waals surface area contributed by atoms with Gasteiger partial charge in [-0.15, -0.1) is 0 Å². The predicted octanol–water partition coefficient (Wildman–Crippen LogP) is 5.62. The van der Waals surface area contributed by atoms with Gasteiger partial charge in [-0.05, 0) is 24.3 Å². The monoisotopic (exact) mass is 309 g/mol. The molecule has 0 unspecified atom stereocenters. The van der Waals surface area contributed by atoms with Crippen LogP contribution in [0.15, 0.2) is 60.7 Å². The third-order valence-corrected chi connectivity index (χ3v) is 5.45. The molecule has 114 valence electrons. The molecule has 2 heteroatoms. The molecule has 0 saturated carbocycles. The molecular weight excluding hydrogens is 286 g/mol. The summed E-state index contributed by atoms with van der Waals surface area (Å²) in [4.78, 5) is 0. The highest BCUT2D eigenvalue weighted by Gasteiger charge is 2.38.